The van der Waals surface area contributed by atoms with Crippen LogP contribution in [0.25, 0.3) is 0 Å². The van der Waals surface area contributed by atoms with Crippen molar-refractivity contribution in [1.82, 2.24) is 25.1 Å². The van der Waals surface area contributed by atoms with Crippen molar-refractivity contribution < 1.29 is 9.53 Å². The van der Waals surface area contributed by atoms with Gasteiger partial charge in [-0.25, -0.2) is 9.97 Å². The minimum atomic E-state index is -0.259. The molecule has 3 heterocycles. The average molecular weight is 307 g/mol. The van der Waals surface area contributed by atoms with E-state index in [4.69, 9.17) is 4.74 Å². The molecule has 1 saturated heterocycles. The van der Waals surface area contributed by atoms with E-state index in [9.17, 15) is 4.79 Å². The molecule has 1 N–H and O–H groups in total. The third kappa shape index (κ3) is 3.27. The van der Waals surface area contributed by atoms with E-state index in [0.717, 1.165) is 16.5 Å². The third-order valence-corrected chi connectivity index (χ3v) is 4.14. The van der Waals surface area contributed by atoms with Crippen LogP contribution in [0.1, 0.15) is 28.5 Å². The second-order valence-corrected chi connectivity index (χ2v) is 6.08. The lowest BCUT2D eigenvalue weighted by Crippen LogP contribution is -2.43. The number of hydrogen-bond donors (Lipinski definition) is 1. The van der Waals surface area contributed by atoms with Crippen LogP contribution in [0.3, 0.4) is 0 Å². The molecule has 1 unspecified atom stereocenters. The first-order valence-electron chi connectivity index (χ1n) is 6.81. The number of hydrogen-bond acceptors (Lipinski definition) is 6. The molecule has 1 aliphatic heterocycles. The number of thiazole rings is 1. The first-order valence-corrected chi connectivity index (χ1v) is 7.69. The predicted molar refractivity (Wildman–Crippen MR) is 76.9 cm³/mol. The van der Waals surface area contributed by atoms with Gasteiger partial charge < -0.3 is 9.64 Å². The molecule has 7 nitrogen and oxygen atoms in total. The van der Waals surface area contributed by atoms with E-state index < -0.39 is 0 Å². The van der Waals surface area contributed by atoms with Gasteiger partial charge in [0.15, 0.2) is 5.82 Å². The largest absolute Gasteiger partial charge is 0.366 e. The van der Waals surface area contributed by atoms with Crippen molar-refractivity contribution in [3.8, 4) is 0 Å². The van der Waals surface area contributed by atoms with Crippen molar-refractivity contribution >= 4 is 17.2 Å². The molecular weight excluding hydrogens is 290 g/mol. The van der Waals surface area contributed by atoms with Crippen molar-refractivity contribution in [1.29, 1.82) is 0 Å². The molecule has 0 saturated carbocycles. The van der Waals surface area contributed by atoms with Gasteiger partial charge in [-0.15, -0.1) is 11.3 Å². The Morgan fingerprint density at radius 2 is 2.38 bits per heavy atom. The number of nitrogens with one attached hydrogen (secondary N) is 1. The molecule has 2 aromatic rings. The monoisotopic (exact) mass is 307 g/mol. The fourth-order valence-electron chi connectivity index (χ4n) is 2.29. The van der Waals surface area contributed by atoms with Crippen LogP contribution < -0.4 is 0 Å². The molecule has 8 heteroatoms. The molecule has 1 aliphatic rings. The van der Waals surface area contributed by atoms with Gasteiger partial charge in [-0.2, -0.15) is 5.10 Å². The van der Waals surface area contributed by atoms with Gasteiger partial charge in [0.2, 0.25) is 5.91 Å². The number of nitrogens with zero attached hydrogens (tertiary/aromatic N) is 4. The van der Waals surface area contributed by atoms with Gasteiger partial charge in [-0.1, -0.05) is 0 Å². The Labute approximate surface area is 126 Å². The van der Waals surface area contributed by atoms with E-state index in [1.165, 1.54) is 0 Å². The summed E-state index contributed by atoms with van der Waals surface area (Å²) in [5.41, 5.74) is 0.833. The van der Waals surface area contributed by atoms with Gasteiger partial charge >= 0.3 is 0 Å². The lowest BCUT2D eigenvalue weighted by atomic mass is 10.2. The van der Waals surface area contributed by atoms with Gasteiger partial charge in [-0.05, 0) is 13.8 Å². The van der Waals surface area contributed by atoms with E-state index in [0.29, 0.717) is 31.9 Å². The molecule has 112 valence electrons. The van der Waals surface area contributed by atoms with E-state index in [1.807, 2.05) is 19.2 Å². The number of aromatic nitrogens is 4. The highest BCUT2D eigenvalue weighted by Gasteiger charge is 2.28. The molecule has 0 spiro atoms. The maximum absolute atomic E-state index is 12.3. The minimum Gasteiger partial charge on any atom is -0.366 e. The standard InChI is InChI=1S/C13H17N5O2S/c1-8-14-13(17-16-8)11-6-18(3-4-20-11)12(19)5-10-7-21-9(2)15-10/h7,11H,3-6H2,1-2H3,(H,14,16,17). The zero-order valence-corrected chi connectivity index (χ0v) is 12.8. The molecule has 3 rings (SSSR count). The highest BCUT2D eigenvalue weighted by molar-refractivity contribution is 7.09. The smallest absolute Gasteiger partial charge is 0.228 e. The normalized spacial score (nSPS) is 19.0. The molecule has 1 fully saturated rings. The van der Waals surface area contributed by atoms with Gasteiger partial charge in [0.05, 0.1) is 30.3 Å². The summed E-state index contributed by atoms with van der Waals surface area (Å²) in [6, 6.07) is 0. The maximum atomic E-state index is 12.3. The second-order valence-electron chi connectivity index (χ2n) is 5.01. The Balaban J connectivity index is 1.64. The second kappa shape index (κ2) is 5.90. The number of amides is 1. The van der Waals surface area contributed by atoms with E-state index in [2.05, 4.69) is 20.2 Å². The summed E-state index contributed by atoms with van der Waals surface area (Å²) in [6.45, 7) is 5.36. The Hall–Kier alpha value is -1.80. The van der Waals surface area contributed by atoms with E-state index in [-0.39, 0.29) is 12.0 Å². The summed E-state index contributed by atoms with van der Waals surface area (Å²) in [4.78, 5) is 22.8. The van der Waals surface area contributed by atoms with Crippen molar-refractivity contribution in [2.24, 2.45) is 0 Å². The van der Waals surface area contributed by atoms with Crippen molar-refractivity contribution in [3.05, 3.63) is 27.7 Å². The van der Waals surface area contributed by atoms with Gasteiger partial charge in [0.1, 0.15) is 11.9 Å². The molecule has 0 bridgehead atoms. The molecule has 21 heavy (non-hydrogen) atoms. The van der Waals surface area contributed by atoms with Crippen LogP contribution in [-0.2, 0) is 16.0 Å². The van der Waals surface area contributed by atoms with Gasteiger partial charge in [-0.3, -0.25) is 9.89 Å². The van der Waals surface area contributed by atoms with Crippen LogP contribution in [-0.4, -0.2) is 50.7 Å². The van der Waals surface area contributed by atoms with Crippen molar-refractivity contribution in [3.63, 3.8) is 0 Å². The molecule has 0 aliphatic carbocycles. The Kier molecular flexibility index (Phi) is 3.98. The van der Waals surface area contributed by atoms with Crippen molar-refractivity contribution in [2.75, 3.05) is 19.7 Å². The van der Waals surface area contributed by atoms with Crippen LogP contribution in [0.15, 0.2) is 5.38 Å². The Morgan fingerprint density at radius 3 is 3.05 bits per heavy atom. The fraction of sp³-hybridized carbons (Fsp3) is 0.538. The van der Waals surface area contributed by atoms with Crippen LogP contribution in [0.4, 0.5) is 0 Å². The average Bonchev–Trinajstić information content (AvgIpc) is 3.08. The number of aryl methyl sites for hydroxylation is 2. The fourth-order valence-corrected chi connectivity index (χ4v) is 2.90. The number of morpholine rings is 1. The topological polar surface area (TPSA) is 84.0 Å². The quantitative estimate of drug-likeness (QED) is 0.915. The van der Waals surface area contributed by atoms with Crippen molar-refractivity contribution in [2.45, 2.75) is 26.4 Å². The Morgan fingerprint density at radius 1 is 1.52 bits per heavy atom. The zero-order chi connectivity index (χ0) is 14.8. The van der Waals surface area contributed by atoms with Gasteiger partial charge in [0, 0.05) is 11.9 Å². The number of aromatic amines is 1. The lowest BCUT2D eigenvalue weighted by Gasteiger charge is -2.31. The van der Waals surface area contributed by atoms with Crippen LogP contribution >= 0.6 is 11.3 Å². The highest BCUT2D eigenvalue weighted by atomic mass is 32.1. The van der Waals surface area contributed by atoms with E-state index >= 15 is 0 Å². The molecule has 1 atom stereocenters. The Bertz CT molecular complexity index is 638. The van der Waals surface area contributed by atoms with Gasteiger partial charge in [0.25, 0.3) is 0 Å². The SMILES string of the molecule is Cc1nc(C2CN(C(=O)Cc3csc(C)n3)CCO2)n[nH]1. The third-order valence-electron chi connectivity index (χ3n) is 3.32. The summed E-state index contributed by atoms with van der Waals surface area (Å²) in [5, 5.41) is 9.82. The summed E-state index contributed by atoms with van der Waals surface area (Å²) in [7, 11) is 0. The minimum absolute atomic E-state index is 0.0702. The first-order chi connectivity index (χ1) is 10.1. The summed E-state index contributed by atoms with van der Waals surface area (Å²) in [5.74, 6) is 1.42. The number of carbonyl (C=O) groups is 1. The summed E-state index contributed by atoms with van der Waals surface area (Å²) in [6.07, 6.45) is 0.0780. The molecule has 1 amide bonds. The van der Waals surface area contributed by atoms with Crippen LogP contribution in [0.5, 0.6) is 0 Å². The predicted octanol–water partition coefficient (Wildman–Crippen LogP) is 1.02. The maximum Gasteiger partial charge on any atom is 0.228 e. The van der Waals surface area contributed by atoms with Crippen LogP contribution in [0.2, 0.25) is 0 Å². The number of ether oxygens (including phenoxy) is 1. The molecular formula is C13H17N5O2S. The number of rotatable bonds is 3. The van der Waals surface area contributed by atoms with Crippen LogP contribution in [0, 0.1) is 13.8 Å². The van der Waals surface area contributed by atoms with E-state index in [1.54, 1.807) is 16.2 Å². The highest BCUT2D eigenvalue weighted by Crippen LogP contribution is 2.20. The molecule has 0 aromatic carbocycles. The molecule has 0 radical (unpaired) electrons. The number of carbonyl (C=O) groups excluding carboxylic acids is 1. The molecule has 2 aromatic heterocycles. The summed E-state index contributed by atoms with van der Waals surface area (Å²) < 4.78 is 5.66. The number of H-pyrrole nitrogens is 1. The lowest BCUT2D eigenvalue weighted by molar-refractivity contribution is -0.138. The summed E-state index contributed by atoms with van der Waals surface area (Å²) >= 11 is 1.56. The first kappa shape index (κ1) is 14.2. The zero-order valence-electron chi connectivity index (χ0n) is 12.0.